The lowest BCUT2D eigenvalue weighted by Crippen LogP contribution is -2.34. The van der Waals surface area contributed by atoms with E-state index in [1.807, 2.05) is 18.3 Å². The number of hydrogen-bond acceptors (Lipinski definition) is 3. The fourth-order valence-corrected chi connectivity index (χ4v) is 2.62. The summed E-state index contributed by atoms with van der Waals surface area (Å²) in [4.78, 5) is 6.37. The number of rotatable bonds is 4. The van der Waals surface area contributed by atoms with E-state index in [1.54, 1.807) is 12.3 Å². The van der Waals surface area contributed by atoms with Crippen LogP contribution >= 0.6 is 0 Å². The zero-order chi connectivity index (χ0) is 14.8. The largest absolute Gasteiger partial charge is 0.360 e. The highest BCUT2D eigenvalue weighted by Crippen LogP contribution is 2.24. The van der Waals surface area contributed by atoms with Gasteiger partial charge in [0.25, 0.3) is 0 Å². The molecule has 1 aromatic carbocycles. The molecule has 0 unspecified atom stereocenters. The first-order valence-corrected chi connectivity index (χ1v) is 7.40. The SMILES string of the molecule is CC(C)NCc1ccc(N2CCn3ccnc3C2)c(F)c1. The summed E-state index contributed by atoms with van der Waals surface area (Å²) in [5, 5.41) is 3.30. The van der Waals surface area contributed by atoms with Crippen molar-refractivity contribution in [3.63, 3.8) is 0 Å². The zero-order valence-electron chi connectivity index (χ0n) is 12.5. The number of nitrogens with one attached hydrogen (secondary N) is 1. The van der Waals surface area contributed by atoms with Crippen molar-refractivity contribution in [2.24, 2.45) is 0 Å². The molecule has 0 radical (unpaired) electrons. The van der Waals surface area contributed by atoms with Crippen molar-refractivity contribution in [1.82, 2.24) is 14.9 Å². The van der Waals surface area contributed by atoms with Crippen LogP contribution in [0.15, 0.2) is 30.6 Å². The van der Waals surface area contributed by atoms with E-state index >= 15 is 0 Å². The number of benzene rings is 1. The van der Waals surface area contributed by atoms with Gasteiger partial charge in [-0.25, -0.2) is 9.37 Å². The van der Waals surface area contributed by atoms with Crippen molar-refractivity contribution < 1.29 is 4.39 Å². The van der Waals surface area contributed by atoms with E-state index in [0.717, 1.165) is 24.5 Å². The number of imidazole rings is 1. The summed E-state index contributed by atoms with van der Waals surface area (Å²) < 4.78 is 16.5. The Labute approximate surface area is 124 Å². The Balaban J connectivity index is 1.74. The Kier molecular flexibility index (Phi) is 3.92. The van der Waals surface area contributed by atoms with Crippen molar-refractivity contribution in [3.8, 4) is 0 Å². The molecule has 0 bridgehead atoms. The van der Waals surface area contributed by atoms with E-state index in [0.29, 0.717) is 24.8 Å². The fourth-order valence-electron chi connectivity index (χ4n) is 2.62. The lowest BCUT2D eigenvalue weighted by atomic mass is 10.1. The van der Waals surface area contributed by atoms with Gasteiger partial charge in [0.2, 0.25) is 0 Å². The molecule has 1 aliphatic rings. The summed E-state index contributed by atoms with van der Waals surface area (Å²) in [7, 11) is 0. The quantitative estimate of drug-likeness (QED) is 0.938. The van der Waals surface area contributed by atoms with E-state index in [1.165, 1.54) is 0 Å². The molecule has 3 rings (SSSR count). The Hall–Kier alpha value is -1.88. The first kappa shape index (κ1) is 14.1. The molecule has 0 amide bonds. The van der Waals surface area contributed by atoms with Gasteiger partial charge in [-0.15, -0.1) is 0 Å². The fraction of sp³-hybridized carbons (Fsp3) is 0.438. The minimum atomic E-state index is -0.155. The first-order valence-electron chi connectivity index (χ1n) is 7.40. The molecule has 1 aromatic heterocycles. The molecule has 1 N–H and O–H groups in total. The van der Waals surface area contributed by atoms with Crippen molar-refractivity contribution in [2.75, 3.05) is 11.4 Å². The molecular formula is C16H21FN4. The predicted octanol–water partition coefficient (Wildman–Crippen LogP) is 2.54. The number of nitrogens with zero attached hydrogens (tertiary/aromatic N) is 3. The van der Waals surface area contributed by atoms with Gasteiger partial charge in [0.1, 0.15) is 11.6 Å². The van der Waals surface area contributed by atoms with Crippen LogP contribution in [-0.4, -0.2) is 22.1 Å². The highest BCUT2D eigenvalue weighted by atomic mass is 19.1. The standard InChI is InChI=1S/C16H21FN4/c1-12(2)19-10-13-3-4-15(14(17)9-13)21-8-7-20-6-5-18-16(20)11-21/h3-6,9,12,19H,7-8,10-11H2,1-2H3. The van der Waals surface area contributed by atoms with Gasteiger partial charge >= 0.3 is 0 Å². The van der Waals surface area contributed by atoms with Crippen LogP contribution in [-0.2, 0) is 19.6 Å². The molecule has 0 spiro atoms. The maximum Gasteiger partial charge on any atom is 0.146 e. The van der Waals surface area contributed by atoms with E-state index in [4.69, 9.17) is 0 Å². The van der Waals surface area contributed by atoms with Gasteiger partial charge in [-0.2, -0.15) is 0 Å². The lowest BCUT2D eigenvalue weighted by molar-refractivity contribution is 0.542. The second-order valence-electron chi connectivity index (χ2n) is 5.78. The summed E-state index contributed by atoms with van der Waals surface area (Å²) in [5.74, 6) is 0.837. The van der Waals surface area contributed by atoms with Gasteiger partial charge in [-0.05, 0) is 17.7 Å². The van der Waals surface area contributed by atoms with Crippen LogP contribution < -0.4 is 10.2 Å². The molecule has 1 aliphatic heterocycles. The molecule has 5 heteroatoms. The molecule has 4 nitrogen and oxygen atoms in total. The number of anilines is 1. The van der Waals surface area contributed by atoms with E-state index in [9.17, 15) is 4.39 Å². The Bertz CT molecular complexity index is 620. The molecule has 2 aromatic rings. The molecule has 0 aliphatic carbocycles. The number of fused-ring (bicyclic) bond motifs is 1. The van der Waals surface area contributed by atoms with Gasteiger partial charge in [-0.1, -0.05) is 19.9 Å². The molecule has 0 saturated carbocycles. The maximum atomic E-state index is 14.4. The maximum absolute atomic E-state index is 14.4. The third-order valence-corrected chi connectivity index (χ3v) is 3.81. The molecule has 2 heterocycles. The van der Waals surface area contributed by atoms with E-state index in [2.05, 4.69) is 33.6 Å². The average molecular weight is 288 g/mol. The molecule has 0 saturated heterocycles. The van der Waals surface area contributed by atoms with Crippen LogP contribution in [0.4, 0.5) is 10.1 Å². The minimum Gasteiger partial charge on any atom is -0.360 e. The third-order valence-electron chi connectivity index (χ3n) is 3.81. The summed E-state index contributed by atoms with van der Waals surface area (Å²) >= 11 is 0. The van der Waals surface area contributed by atoms with Crippen LogP contribution in [0.1, 0.15) is 25.2 Å². The second-order valence-corrected chi connectivity index (χ2v) is 5.78. The first-order chi connectivity index (χ1) is 10.1. The summed E-state index contributed by atoms with van der Waals surface area (Å²) in [6.07, 6.45) is 3.78. The van der Waals surface area contributed by atoms with Crippen LogP contribution in [0.2, 0.25) is 0 Å². The van der Waals surface area contributed by atoms with Gasteiger partial charge in [-0.3, -0.25) is 0 Å². The normalized spacial score (nSPS) is 14.6. The van der Waals surface area contributed by atoms with Gasteiger partial charge in [0.05, 0.1) is 12.2 Å². The van der Waals surface area contributed by atoms with Crippen LogP contribution in [0.25, 0.3) is 0 Å². The van der Waals surface area contributed by atoms with Crippen molar-refractivity contribution >= 4 is 5.69 Å². The minimum absolute atomic E-state index is 0.155. The molecule has 0 fully saturated rings. The zero-order valence-corrected chi connectivity index (χ0v) is 12.5. The van der Waals surface area contributed by atoms with Gasteiger partial charge in [0, 0.05) is 38.1 Å². The van der Waals surface area contributed by atoms with Crippen molar-refractivity contribution in [1.29, 1.82) is 0 Å². The molecular weight excluding hydrogens is 267 g/mol. The topological polar surface area (TPSA) is 33.1 Å². The van der Waals surface area contributed by atoms with Gasteiger partial charge < -0.3 is 14.8 Å². The smallest absolute Gasteiger partial charge is 0.146 e. The van der Waals surface area contributed by atoms with E-state index < -0.39 is 0 Å². The summed E-state index contributed by atoms with van der Waals surface area (Å²) in [5.41, 5.74) is 1.64. The van der Waals surface area contributed by atoms with Crippen molar-refractivity contribution in [3.05, 3.63) is 47.8 Å². The number of halogens is 1. The van der Waals surface area contributed by atoms with Gasteiger partial charge in [0.15, 0.2) is 0 Å². The predicted molar refractivity (Wildman–Crippen MR) is 81.7 cm³/mol. The monoisotopic (exact) mass is 288 g/mol. The average Bonchev–Trinajstić information content (AvgIpc) is 2.92. The Morgan fingerprint density at radius 3 is 2.95 bits per heavy atom. The second kappa shape index (κ2) is 5.85. The molecule has 0 atom stereocenters. The summed E-state index contributed by atoms with van der Waals surface area (Å²) in [6, 6.07) is 5.90. The highest BCUT2D eigenvalue weighted by molar-refractivity contribution is 5.49. The highest BCUT2D eigenvalue weighted by Gasteiger charge is 2.19. The number of aromatic nitrogens is 2. The Morgan fingerprint density at radius 1 is 1.33 bits per heavy atom. The van der Waals surface area contributed by atoms with Crippen LogP contribution in [0.5, 0.6) is 0 Å². The third kappa shape index (κ3) is 3.08. The van der Waals surface area contributed by atoms with Crippen LogP contribution in [0, 0.1) is 5.82 Å². The van der Waals surface area contributed by atoms with E-state index in [-0.39, 0.29) is 5.82 Å². The van der Waals surface area contributed by atoms with Crippen LogP contribution in [0.3, 0.4) is 0 Å². The summed E-state index contributed by atoms with van der Waals surface area (Å²) in [6.45, 7) is 7.18. The molecule has 112 valence electrons. The van der Waals surface area contributed by atoms with Crippen molar-refractivity contribution in [2.45, 2.75) is 39.5 Å². The number of hydrogen-bond donors (Lipinski definition) is 1. The Morgan fingerprint density at radius 2 is 2.19 bits per heavy atom. The molecule has 21 heavy (non-hydrogen) atoms. The lowest BCUT2D eigenvalue weighted by Gasteiger charge is -2.30.